The lowest BCUT2D eigenvalue weighted by Crippen LogP contribution is -2.43. The van der Waals surface area contributed by atoms with Gasteiger partial charge in [-0.25, -0.2) is 4.58 Å². The molecule has 2 heterocycles. The molecule has 0 bridgehead atoms. The molecule has 2 atom stereocenters. The Kier molecular flexibility index (Phi) is 9.14. The zero-order valence-electron chi connectivity index (χ0n) is 27.0. The van der Waals surface area contributed by atoms with E-state index >= 15 is 0 Å². The molecule has 4 aliphatic carbocycles. The second-order valence-electron chi connectivity index (χ2n) is 14.2. The Morgan fingerprint density at radius 1 is 0.804 bits per heavy atom. The molecule has 1 aromatic rings. The van der Waals surface area contributed by atoms with Gasteiger partial charge in [0.25, 0.3) is 0 Å². The van der Waals surface area contributed by atoms with Crippen LogP contribution in [-0.2, 0) is 14.4 Å². The molecule has 8 nitrogen and oxygen atoms in total. The highest BCUT2D eigenvalue weighted by molar-refractivity contribution is 6.13. The molecule has 2 unspecified atom stereocenters. The largest absolute Gasteiger partial charge is 0.874 e. The van der Waals surface area contributed by atoms with E-state index in [4.69, 9.17) is 0 Å². The van der Waals surface area contributed by atoms with E-state index in [0.717, 1.165) is 115 Å². The molecule has 0 radical (unpaired) electrons. The summed E-state index contributed by atoms with van der Waals surface area (Å²) in [5.74, 6) is -2.06. The summed E-state index contributed by atoms with van der Waals surface area (Å²) in [6, 6.07) is 5.85. The number of benzene rings is 1. The maximum absolute atomic E-state index is 14.1. The third-order valence-electron chi connectivity index (χ3n) is 11.2. The summed E-state index contributed by atoms with van der Waals surface area (Å²) in [5, 5.41) is 20.4. The monoisotopic (exact) mass is 624 g/mol. The number of nitrogens with one attached hydrogen (secondary N) is 2. The standard InChI is InChI=1S/C38H48N4O4/c43-35-33(29-17-15-27(41-19-7-1-8-20-41)23-31(29)39-37(45)25-11-3-4-12-25)36(44)34(35)30-18-16-28(42-21-9-2-10-22-42)24-32(30)40-38(46)26-13-5-6-14-26/h15-18,23-26,29,34H,1-14,19-22H2,(H2,40,43,44,46). The van der Waals surface area contributed by atoms with Crippen molar-refractivity contribution in [3.8, 4) is 0 Å². The first-order chi connectivity index (χ1) is 22.5. The number of carbonyl (C=O) groups is 3. The van der Waals surface area contributed by atoms with Gasteiger partial charge in [-0.05, 0) is 74.6 Å². The maximum Gasteiger partial charge on any atom is 0.227 e. The number of carbonyl (C=O) groups excluding carboxylic acids is 3. The molecule has 2 saturated carbocycles. The normalized spacial score (nSPS) is 26.0. The van der Waals surface area contributed by atoms with Gasteiger partial charge in [-0.2, -0.15) is 0 Å². The average Bonchev–Trinajstić information content (AvgIpc) is 3.83. The average molecular weight is 625 g/mol. The van der Waals surface area contributed by atoms with Crippen molar-refractivity contribution in [2.75, 3.05) is 36.4 Å². The quantitative estimate of drug-likeness (QED) is 0.411. The molecule has 2 N–H and O–H groups in total. The van der Waals surface area contributed by atoms with Gasteiger partial charge in [0.05, 0.1) is 5.92 Å². The fourth-order valence-electron chi connectivity index (χ4n) is 8.48. The summed E-state index contributed by atoms with van der Waals surface area (Å²) in [5.41, 5.74) is 4.06. The molecule has 7 rings (SSSR count). The van der Waals surface area contributed by atoms with Crippen molar-refractivity contribution in [2.45, 2.75) is 95.8 Å². The molecule has 0 spiro atoms. The Bertz CT molecular complexity index is 1490. The van der Waals surface area contributed by atoms with Crippen LogP contribution in [0.15, 0.2) is 53.5 Å². The van der Waals surface area contributed by atoms with Gasteiger partial charge in [-0.3, -0.25) is 14.4 Å². The van der Waals surface area contributed by atoms with Crippen LogP contribution in [0.4, 0.5) is 11.4 Å². The maximum atomic E-state index is 14.1. The molecule has 244 valence electrons. The van der Waals surface area contributed by atoms with Gasteiger partial charge in [0.15, 0.2) is 5.78 Å². The van der Waals surface area contributed by atoms with Crippen LogP contribution in [0.5, 0.6) is 0 Å². The summed E-state index contributed by atoms with van der Waals surface area (Å²) in [4.78, 5) is 43.0. The summed E-state index contributed by atoms with van der Waals surface area (Å²) < 4.78 is 2.33. The first kappa shape index (κ1) is 30.9. The molecule has 2 aliphatic heterocycles. The Balaban J connectivity index is 1.20. The predicted octanol–water partition coefficient (Wildman–Crippen LogP) is 5.10. The van der Waals surface area contributed by atoms with Crippen LogP contribution in [0.1, 0.15) is 101 Å². The molecule has 1 aromatic carbocycles. The lowest BCUT2D eigenvalue weighted by Gasteiger charge is -2.41. The van der Waals surface area contributed by atoms with Crippen molar-refractivity contribution < 1.29 is 24.1 Å². The van der Waals surface area contributed by atoms with Gasteiger partial charge < -0.3 is 20.6 Å². The van der Waals surface area contributed by atoms with Crippen LogP contribution in [0, 0.1) is 17.8 Å². The molecule has 46 heavy (non-hydrogen) atoms. The topological polar surface area (TPSA) is 105 Å². The fourth-order valence-corrected chi connectivity index (χ4v) is 8.48. The lowest BCUT2D eigenvalue weighted by atomic mass is 9.70. The summed E-state index contributed by atoms with van der Waals surface area (Å²) >= 11 is 0. The van der Waals surface area contributed by atoms with E-state index in [1.165, 1.54) is 12.8 Å². The minimum Gasteiger partial charge on any atom is -0.874 e. The van der Waals surface area contributed by atoms with E-state index in [1.807, 2.05) is 36.4 Å². The van der Waals surface area contributed by atoms with Crippen molar-refractivity contribution in [3.05, 3.63) is 59.0 Å². The zero-order chi connectivity index (χ0) is 31.6. The van der Waals surface area contributed by atoms with Crippen LogP contribution in [-0.4, -0.2) is 54.1 Å². The molecule has 2 amide bonds. The number of allylic oxidation sites excluding steroid dienone is 4. The van der Waals surface area contributed by atoms with Crippen molar-refractivity contribution in [1.82, 2.24) is 5.32 Å². The first-order valence-corrected chi connectivity index (χ1v) is 18.0. The van der Waals surface area contributed by atoms with E-state index in [-0.39, 0.29) is 40.8 Å². The minimum absolute atomic E-state index is 0.0105. The Hall–Kier alpha value is -3.68. The highest BCUT2D eigenvalue weighted by atomic mass is 16.3. The van der Waals surface area contributed by atoms with Gasteiger partial charge in [0.1, 0.15) is 13.1 Å². The van der Waals surface area contributed by atoms with Crippen molar-refractivity contribution in [1.29, 1.82) is 0 Å². The molecule has 2 saturated heterocycles. The van der Waals surface area contributed by atoms with E-state index in [1.54, 1.807) is 0 Å². The number of hydrogen-bond acceptors (Lipinski definition) is 5. The second kappa shape index (κ2) is 13.6. The third kappa shape index (κ3) is 6.19. The summed E-state index contributed by atoms with van der Waals surface area (Å²) in [7, 11) is 0. The van der Waals surface area contributed by atoms with Gasteiger partial charge >= 0.3 is 0 Å². The van der Waals surface area contributed by atoms with Crippen LogP contribution in [0.25, 0.3) is 0 Å². The van der Waals surface area contributed by atoms with Gasteiger partial charge in [0, 0.05) is 72.9 Å². The molecule has 8 heteroatoms. The van der Waals surface area contributed by atoms with Crippen molar-refractivity contribution in [3.63, 3.8) is 0 Å². The molecule has 4 fully saturated rings. The lowest BCUT2D eigenvalue weighted by molar-refractivity contribution is -0.535. The smallest absolute Gasteiger partial charge is 0.227 e. The number of hydrogen-bond donors (Lipinski definition) is 2. The highest BCUT2D eigenvalue weighted by Crippen LogP contribution is 2.46. The van der Waals surface area contributed by atoms with Crippen molar-refractivity contribution in [2.24, 2.45) is 17.8 Å². The number of rotatable bonds is 7. The molecular formula is C38H48N4O4. The van der Waals surface area contributed by atoms with E-state index < -0.39 is 11.8 Å². The highest BCUT2D eigenvalue weighted by Gasteiger charge is 2.42. The van der Waals surface area contributed by atoms with Gasteiger partial charge in [-0.15, -0.1) is 5.76 Å². The molecular weight excluding hydrogens is 576 g/mol. The number of nitrogens with zero attached hydrogens (tertiary/aromatic N) is 2. The second-order valence-corrected chi connectivity index (χ2v) is 14.2. The number of ketones is 1. The van der Waals surface area contributed by atoms with E-state index in [2.05, 4.69) is 20.1 Å². The predicted molar refractivity (Wildman–Crippen MR) is 178 cm³/mol. The van der Waals surface area contributed by atoms with E-state index in [9.17, 15) is 19.5 Å². The molecule has 6 aliphatic rings. The summed E-state index contributed by atoms with van der Waals surface area (Å²) in [6.07, 6.45) is 20.6. The van der Waals surface area contributed by atoms with Gasteiger partial charge in [0.2, 0.25) is 17.5 Å². The van der Waals surface area contributed by atoms with Crippen LogP contribution < -0.4 is 20.6 Å². The number of piperidine rings is 2. The molecule has 0 aromatic heterocycles. The Labute approximate surface area is 272 Å². The van der Waals surface area contributed by atoms with Crippen LogP contribution >= 0.6 is 0 Å². The Morgan fingerprint density at radius 2 is 1.43 bits per heavy atom. The SMILES string of the molecule is O=C(NC1=CC(=[N+]2CCCCC2)C=CC1C1=C([O-])C(c2ccc(N3CCCCC3)cc2NC(=O)C2CCCC2)C1=O)C1CCCC1. The Morgan fingerprint density at radius 3 is 2.09 bits per heavy atom. The van der Waals surface area contributed by atoms with Crippen LogP contribution in [0.3, 0.4) is 0 Å². The first-order valence-electron chi connectivity index (χ1n) is 18.0. The summed E-state index contributed by atoms with van der Waals surface area (Å²) in [6.45, 7) is 3.84. The third-order valence-corrected chi connectivity index (χ3v) is 11.2. The number of amides is 2. The number of anilines is 2. The van der Waals surface area contributed by atoms with E-state index in [0.29, 0.717) is 16.9 Å². The number of Topliss-reactive ketones (excluding diaryl/α,β-unsaturated/α-hetero) is 1. The van der Waals surface area contributed by atoms with Crippen LogP contribution in [0.2, 0.25) is 0 Å². The zero-order valence-corrected chi connectivity index (χ0v) is 27.0. The minimum atomic E-state index is -0.947. The fraction of sp³-hybridized carbons (Fsp3) is 0.579. The van der Waals surface area contributed by atoms with Crippen molar-refractivity contribution >= 4 is 34.7 Å². The van der Waals surface area contributed by atoms with Gasteiger partial charge in [-0.1, -0.05) is 37.8 Å².